The van der Waals surface area contributed by atoms with E-state index in [4.69, 9.17) is 4.74 Å². The highest BCUT2D eigenvalue weighted by Crippen LogP contribution is 2.35. The molecule has 0 fully saturated rings. The lowest BCUT2D eigenvalue weighted by molar-refractivity contribution is -0.144. The Hall–Kier alpha value is -2.10. The molecule has 118 valence electrons. The van der Waals surface area contributed by atoms with Crippen molar-refractivity contribution in [3.63, 3.8) is 0 Å². The summed E-state index contributed by atoms with van der Waals surface area (Å²) in [6.07, 6.45) is 0.112. The summed E-state index contributed by atoms with van der Waals surface area (Å²) in [5.41, 5.74) is 1.98. The first-order valence-corrected chi connectivity index (χ1v) is 7.59. The number of amides is 1. The smallest absolute Gasteiger partial charge is 0.334 e. The highest BCUT2D eigenvalue weighted by molar-refractivity contribution is 5.98. The van der Waals surface area contributed by atoms with Crippen molar-refractivity contribution in [3.8, 4) is 0 Å². The standard InChI is InChI=1S/C18H23NO3/c1-5-22-17(21)15-11-16(20)19(18(3,4)13(15)2)12-14-9-7-6-8-10-14/h6-10H,5,11-12H2,1-4H3. The Morgan fingerprint density at radius 2 is 1.91 bits per heavy atom. The van der Waals surface area contributed by atoms with Crippen molar-refractivity contribution < 1.29 is 14.3 Å². The van der Waals surface area contributed by atoms with Crippen LogP contribution < -0.4 is 0 Å². The molecular weight excluding hydrogens is 278 g/mol. The number of nitrogens with zero attached hydrogens (tertiary/aromatic N) is 1. The lowest BCUT2D eigenvalue weighted by Gasteiger charge is -2.44. The van der Waals surface area contributed by atoms with Crippen LogP contribution in [-0.2, 0) is 20.9 Å². The molecular formula is C18H23NO3. The molecule has 0 N–H and O–H groups in total. The molecule has 0 unspecified atom stereocenters. The monoisotopic (exact) mass is 301 g/mol. The van der Waals surface area contributed by atoms with Crippen LogP contribution in [0.5, 0.6) is 0 Å². The summed E-state index contributed by atoms with van der Waals surface area (Å²) in [7, 11) is 0. The zero-order chi connectivity index (χ0) is 16.3. The fourth-order valence-corrected chi connectivity index (χ4v) is 2.76. The molecule has 4 heteroatoms. The van der Waals surface area contributed by atoms with E-state index in [1.54, 1.807) is 6.92 Å². The molecule has 22 heavy (non-hydrogen) atoms. The van der Waals surface area contributed by atoms with Crippen LogP contribution in [0.3, 0.4) is 0 Å². The molecule has 2 rings (SSSR count). The SMILES string of the molecule is CCOC(=O)C1=C(C)C(C)(C)N(Cc2ccccc2)C(=O)C1. The van der Waals surface area contributed by atoms with E-state index >= 15 is 0 Å². The lowest BCUT2D eigenvalue weighted by atomic mass is 9.83. The quantitative estimate of drug-likeness (QED) is 0.803. The number of carbonyl (C=O) groups is 2. The molecule has 0 bridgehead atoms. The summed E-state index contributed by atoms with van der Waals surface area (Å²) < 4.78 is 5.08. The maximum absolute atomic E-state index is 12.6. The number of carbonyl (C=O) groups excluding carboxylic acids is 2. The molecule has 1 aliphatic heterocycles. The first-order valence-electron chi connectivity index (χ1n) is 7.59. The molecule has 1 aromatic rings. The topological polar surface area (TPSA) is 46.6 Å². The van der Waals surface area contributed by atoms with Crippen molar-refractivity contribution in [2.45, 2.75) is 46.2 Å². The van der Waals surface area contributed by atoms with Gasteiger partial charge in [0.2, 0.25) is 5.91 Å². The molecule has 0 saturated carbocycles. The molecule has 0 radical (unpaired) electrons. The maximum Gasteiger partial charge on any atom is 0.334 e. The molecule has 1 amide bonds. The predicted molar refractivity (Wildman–Crippen MR) is 85.0 cm³/mol. The summed E-state index contributed by atoms with van der Waals surface area (Å²) in [5, 5.41) is 0. The third-order valence-corrected chi connectivity index (χ3v) is 4.38. The number of hydrogen-bond acceptors (Lipinski definition) is 3. The minimum absolute atomic E-state index is 0.0393. The second-order valence-corrected chi connectivity index (χ2v) is 6.03. The van der Waals surface area contributed by atoms with Crippen LogP contribution in [-0.4, -0.2) is 28.9 Å². The molecule has 0 aliphatic carbocycles. The second-order valence-electron chi connectivity index (χ2n) is 6.03. The maximum atomic E-state index is 12.6. The summed E-state index contributed by atoms with van der Waals surface area (Å²) in [6.45, 7) is 8.49. The van der Waals surface area contributed by atoms with E-state index in [0.717, 1.165) is 11.1 Å². The average Bonchev–Trinajstić information content (AvgIpc) is 2.49. The molecule has 0 saturated heterocycles. The van der Waals surface area contributed by atoms with Crippen molar-refractivity contribution >= 4 is 11.9 Å². The van der Waals surface area contributed by atoms with Crippen LogP contribution in [0, 0.1) is 0 Å². The number of rotatable bonds is 4. The van der Waals surface area contributed by atoms with Gasteiger partial charge in [0.05, 0.1) is 18.6 Å². The van der Waals surface area contributed by atoms with Gasteiger partial charge in [0.1, 0.15) is 0 Å². The Morgan fingerprint density at radius 3 is 2.50 bits per heavy atom. The van der Waals surface area contributed by atoms with Crippen LogP contribution in [0.1, 0.15) is 39.7 Å². The van der Waals surface area contributed by atoms with Crippen LogP contribution in [0.25, 0.3) is 0 Å². The summed E-state index contributed by atoms with van der Waals surface area (Å²) in [4.78, 5) is 26.5. The lowest BCUT2D eigenvalue weighted by Crippen LogP contribution is -2.52. The van der Waals surface area contributed by atoms with Crippen molar-refractivity contribution in [2.75, 3.05) is 6.61 Å². The molecule has 1 aromatic carbocycles. The Kier molecular flexibility index (Phi) is 4.69. The Bertz CT molecular complexity index is 602. The summed E-state index contributed by atoms with van der Waals surface area (Å²) in [5.74, 6) is -0.414. The van der Waals surface area contributed by atoms with Crippen molar-refractivity contribution in [1.29, 1.82) is 0 Å². The highest BCUT2D eigenvalue weighted by atomic mass is 16.5. The van der Waals surface area contributed by atoms with Crippen LogP contribution >= 0.6 is 0 Å². The van der Waals surface area contributed by atoms with E-state index in [1.165, 1.54) is 0 Å². The largest absolute Gasteiger partial charge is 0.463 e. The van der Waals surface area contributed by atoms with Gasteiger partial charge >= 0.3 is 5.97 Å². The molecule has 0 atom stereocenters. The van der Waals surface area contributed by atoms with E-state index in [2.05, 4.69) is 0 Å². The van der Waals surface area contributed by atoms with Gasteiger partial charge in [-0.3, -0.25) is 4.79 Å². The van der Waals surface area contributed by atoms with E-state index in [-0.39, 0.29) is 18.3 Å². The van der Waals surface area contributed by atoms with E-state index < -0.39 is 5.54 Å². The van der Waals surface area contributed by atoms with Gasteiger partial charge in [0.25, 0.3) is 0 Å². The van der Waals surface area contributed by atoms with Gasteiger partial charge in [0.15, 0.2) is 0 Å². The molecule has 4 nitrogen and oxygen atoms in total. The number of benzene rings is 1. The minimum atomic E-state index is -0.507. The number of hydrogen-bond donors (Lipinski definition) is 0. The van der Waals surface area contributed by atoms with Crippen LogP contribution in [0.4, 0.5) is 0 Å². The molecule has 0 spiro atoms. The zero-order valence-electron chi connectivity index (χ0n) is 13.7. The fraction of sp³-hybridized carbons (Fsp3) is 0.444. The Labute approximate surface area is 131 Å². The fourth-order valence-electron chi connectivity index (χ4n) is 2.76. The van der Waals surface area contributed by atoms with Gasteiger partial charge in [0, 0.05) is 12.1 Å². The normalized spacial score (nSPS) is 17.6. The van der Waals surface area contributed by atoms with Gasteiger partial charge in [-0.1, -0.05) is 30.3 Å². The first kappa shape index (κ1) is 16.3. The third kappa shape index (κ3) is 3.06. The van der Waals surface area contributed by atoms with E-state index in [0.29, 0.717) is 18.7 Å². The van der Waals surface area contributed by atoms with E-state index in [1.807, 2.05) is 56.0 Å². The van der Waals surface area contributed by atoms with Gasteiger partial charge in [-0.2, -0.15) is 0 Å². The zero-order valence-corrected chi connectivity index (χ0v) is 13.7. The average molecular weight is 301 g/mol. The van der Waals surface area contributed by atoms with Crippen LogP contribution in [0.15, 0.2) is 41.5 Å². The van der Waals surface area contributed by atoms with Gasteiger partial charge < -0.3 is 9.64 Å². The van der Waals surface area contributed by atoms with Crippen molar-refractivity contribution in [2.24, 2.45) is 0 Å². The molecule has 1 heterocycles. The van der Waals surface area contributed by atoms with Gasteiger partial charge in [-0.05, 0) is 38.8 Å². The Morgan fingerprint density at radius 1 is 1.27 bits per heavy atom. The third-order valence-electron chi connectivity index (χ3n) is 4.38. The Balaban J connectivity index is 2.32. The van der Waals surface area contributed by atoms with Crippen molar-refractivity contribution in [1.82, 2.24) is 4.90 Å². The van der Waals surface area contributed by atoms with Crippen molar-refractivity contribution in [3.05, 3.63) is 47.0 Å². The predicted octanol–water partition coefficient (Wildman–Crippen LogP) is 3.08. The van der Waals surface area contributed by atoms with Crippen LogP contribution in [0.2, 0.25) is 0 Å². The molecule has 1 aliphatic rings. The molecule has 0 aromatic heterocycles. The second kappa shape index (κ2) is 6.34. The summed E-state index contributed by atoms with van der Waals surface area (Å²) >= 11 is 0. The minimum Gasteiger partial charge on any atom is -0.463 e. The van der Waals surface area contributed by atoms with Gasteiger partial charge in [-0.25, -0.2) is 4.79 Å². The summed E-state index contributed by atoms with van der Waals surface area (Å²) in [6, 6.07) is 9.89. The number of esters is 1. The number of ether oxygens (including phenoxy) is 1. The first-order chi connectivity index (χ1) is 10.4. The van der Waals surface area contributed by atoms with Gasteiger partial charge in [-0.15, -0.1) is 0 Å². The highest BCUT2D eigenvalue weighted by Gasteiger charge is 2.40. The van der Waals surface area contributed by atoms with E-state index in [9.17, 15) is 9.59 Å².